The zero-order chi connectivity index (χ0) is 20.2. The number of benzene rings is 2. The van der Waals surface area contributed by atoms with Crippen LogP contribution in [0.2, 0.25) is 0 Å². The molecule has 0 saturated carbocycles. The summed E-state index contributed by atoms with van der Waals surface area (Å²) in [5.41, 5.74) is 1.50. The van der Waals surface area contributed by atoms with Crippen LogP contribution in [-0.2, 0) is 0 Å². The molecule has 1 saturated heterocycles. The highest BCUT2D eigenvalue weighted by Gasteiger charge is 2.34. The molecule has 150 valence electrons. The Morgan fingerprint density at radius 3 is 2.69 bits per heavy atom. The Hall–Kier alpha value is -3.55. The first-order chi connectivity index (χ1) is 14.2. The number of methoxy groups -OCH3 is 2. The standard InChI is InChI=1S/C21H22N4O4/c1-27-16-10-8-15(9-11-16)22-21(26)25-12-4-7-18(25)20-23-19(24-29-20)14-5-3-6-17(13-14)28-2/h3,5-6,8-11,13,18H,4,7,12H2,1-2H3,(H,22,26). The fourth-order valence-corrected chi connectivity index (χ4v) is 3.39. The van der Waals surface area contributed by atoms with Crippen LogP contribution >= 0.6 is 0 Å². The fourth-order valence-electron chi connectivity index (χ4n) is 3.39. The van der Waals surface area contributed by atoms with Gasteiger partial charge in [-0.25, -0.2) is 4.79 Å². The minimum atomic E-state index is -0.250. The summed E-state index contributed by atoms with van der Waals surface area (Å²) in [6.07, 6.45) is 1.65. The van der Waals surface area contributed by atoms with E-state index in [4.69, 9.17) is 14.0 Å². The maximum atomic E-state index is 12.8. The first kappa shape index (κ1) is 18.8. The highest BCUT2D eigenvalue weighted by atomic mass is 16.5. The number of hydrogen-bond donors (Lipinski definition) is 1. The van der Waals surface area contributed by atoms with Gasteiger partial charge in [0.15, 0.2) is 0 Å². The van der Waals surface area contributed by atoms with Crippen LogP contribution in [0.5, 0.6) is 11.5 Å². The molecule has 1 unspecified atom stereocenters. The van der Waals surface area contributed by atoms with Crippen LogP contribution in [0.1, 0.15) is 24.8 Å². The molecule has 0 aliphatic carbocycles. The van der Waals surface area contributed by atoms with E-state index in [0.29, 0.717) is 23.9 Å². The molecule has 3 aromatic rings. The third-order valence-electron chi connectivity index (χ3n) is 4.91. The molecule has 4 rings (SSSR count). The Labute approximate surface area is 168 Å². The van der Waals surface area contributed by atoms with Gasteiger partial charge in [-0.15, -0.1) is 0 Å². The molecule has 0 spiro atoms. The summed E-state index contributed by atoms with van der Waals surface area (Å²) in [4.78, 5) is 19.0. The maximum absolute atomic E-state index is 12.8. The van der Waals surface area contributed by atoms with Gasteiger partial charge in [0, 0.05) is 17.8 Å². The average molecular weight is 394 g/mol. The number of carbonyl (C=O) groups is 1. The summed E-state index contributed by atoms with van der Waals surface area (Å²) in [5.74, 6) is 2.36. The van der Waals surface area contributed by atoms with Crippen LogP contribution in [0.4, 0.5) is 10.5 Å². The summed E-state index contributed by atoms with van der Waals surface area (Å²) < 4.78 is 15.9. The monoisotopic (exact) mass is 394 g/mol. The van der Waals surface area contributed by atoms with Crippen LogP contribution in [0, 0.1) is 0 Å². The smallest absolute Gasteiger partial charge is 0.322 e. The lowest BCUT2D eigenvalue weighted by Gasteiger charge is -2.22. The molecule has 8 nitrogen and oxygen atoms in total. The van der Waals surface area contributed by atoms with Gasteiger partial charge < -0.3 is 24.2 Å². The Kier molecular flexibility index (Phi) is 5.33. The molecule has 2 aromatic carbocycles. The minimum absolute atomic E-state index is 0.196. The van der Waals surface area contributed by atoms with E-state index < -0.39 is 0 Å². The maximum Gasteiger partial charge on any atom is 0.322 e. The molecule has 1 atom stereocenters. The number of urea groups is 1. The van der Waals surface area contributed by atoms with E-state index in [1.165, 1.54) is 0 Å². The molecule has 29 heavy (non-hydrogen) atoms. The summed E-state index contributed by atoms with van der Waals surface area (Å²) >= 11 is 0. The Morgan fingerprint density at radius 1 is 1.14 bits per heavy atom. The second kappa shape index (κ2) is 8.22. The largest absolute Gasteiger partial charge is 0.497 e. The molecule has 8 heteroatoms. The second-order valence-electron chi connectivity index (χ2n) is 6.70. The third kappa shape index (κ3) is 4.01. The van der Waals surface area contributed by atoms with Crippen molar-refractivity contribution in [2.45, 2.75) is 18.9 Å². The Balaban J connectivity index is 1.49. The number of hydrogen-bond acceptors (Lipinski definition) is 6. The van der Waals surface area contributed by atoms with Gasteiger partial charge in [0.2, 0.25) is 11.7 Å². The van der Waals surface area contributed by atoms with Crippen molar-refractivity contribution in [2.24, 2.45) is 0 Å². The molecule has 1 fully saturated rings. The number of carbonyl (C=O) groups excluding carboxylic acids is 1. The third-order valence-corrected chi connectivity index (χ3v) is 4.91. The van der Waals surface area contributed by atoms with Crippen molar-refractivity contribution in [2.75, 3.05) is 26.1 Å². The number of amides is 2. The molecule has 1 aliphatic heterocycles. The lowest BCUT2D eigenvalue weighted by molar-refractivity contribution is 0.193. The molecule has 0 bridgehead atoms. The van der Waals surface area contributed by atoms with Gasteiger partial charge in [-0.3, -0.25) is 0 Å². The Bertz CT molecular complexity index is 986. The summed E-state index contributed by atoms with van der Waals surface area (Å²) in [6.45, 7) is 0.628. The molecule has 2 heterocycles. The normalized spacial score (nSPS) is 15.9. The Morgan fingerprint density at radius 2 is 1.93 bits per heavy atom. The molecule has 1 aromatic heterocycles. The van der Waals surface area contributed by atoms with Crippen molar-refractivity contribution < 1.29 is 18.8 Å². The predicted octanol–water partition coefficient (Wildman–Crippen LogP) is 4.12. The topological polar surface area (TPSA) is 89.7 Å². The quantitative estimate of drug-likeness (QED) is 0.700. The number of nitrogens with zero attached hydrogens (tertiary/aromatic N) is 3. The fraction of sp³-hybridized carbons (Fsp3) is 0.286. The van der Waals surface area contributed by atoms with Gasteiger partial charge in [0.05, 0.1) is 14.2 Å². The van der Waals surface area contributed by atoms with E-state index in [1.54, 1.807) is 43.4 Å². The average Bonchev–Trinajstić information content (AvgIpc) is 3.44. The van der Waals surface area contributed by atoms with Crippen molar-refractivity contribution in [3.05, 3.63) is 54.4 Å². The van der Waals surface area contributed by atoms with Crippen molar-refractivity contribution in [1.29, 1.82) is 0 Å². The van der Waals surface area contributed by atoms with Crippen molar-refractivity contribution in [3.8, 4) is 22.9 Å². The summed E-state index contributed by atoms with van der Waals surface area (Å²) in [5, 5.41) is 7.00. The lowest BCUT2D eigenvalue weighted by Crippen LogP contribution is -2.34. The van der Waals surface area contributed by atoms with E-state index in [-0.39, 0.29) is 12.1 Å². The molecular weight excluding hydrogens is 372 g/mol. The van der Waals surface area contributed by atoms with Crippen LogP contribution in [0.25, 0.3) is 11.4 Å². The first-order valence-electron chi connectivity index (χ1n) is 9.37. The van der Waals surface area contributed by atoms with E-state index in [9.17, 15) is 4.79 Å². The molecule has 2 amide bonds. The number of anilines is 1. The second-order valence-corrected chi connectivity index (χ2v) is 6.70. The van der Waals surface area contributed by atoms with Crippen LogP contribution in [0.3, 0.4) is 0 Å². The van der Waals surface area contributed by atoms with E-state index in [1.807, 2.05) is 24.3 Å². The number of nitrogens with one attached hydrogen (secondary N) is 1. The predicted molar refractivity (Wildman–Crippen MR) is 107 cm³/mol. The van der Waals surface area contributed by atoms with Crippen molar-refractivity contribution >= 4 is 11.7 Å². The van der Waals surface area contributed by atoms with Gasteiger partial charge in [0.1, 0.15) is 17.5 Å². The van der Waals surface area contributed by atoms with Gasteiger partial charge in [-0.2, -0.15) is 4.98 Å². The summed E-state index contributed by atoms with van der Waals surface area (Å²) in [6, 6.07) is 14.2. The SMILES string of the molecule is COc1ccc(NC(=O)N2CCCC2c2nc(-c3cccc(OC)c3)no2)cc1. The van der Waals surface area contributed by atoms with Crippen molar-refractivity contribution in [1.82, 2.24) is 15.0 Å². The molecule has 1 aliphatic rings. The number of likely N-dealkylation sites (tertiary alicyclic amines) is 1. The molecule has 0 radical (unpaired) electrons. The molecular formula is C21H22N4O4. The zero-order valence-electron chi connectivity index (χ0n) is 16.3. The van der Waals surface area contributed by atoms with Gasteiger partial charge in [-0.1, -0.05) is 17.3 Å². The lowest BCUT2D eigenvalue weighted by atomic mass is 10.2. The van der Waals surface area contributed by atoms with Crippen LogP contribution in [-0.4, -0.2) is 41.8 Å². The number of aromatic nitrogens is 2. The number of rotatable bonds is 5. The van der Waals surface area contributed by atoms with E-state index in [0.717, 1.165) is 29.9 Å². The van der Waals surface area contributed by atoms with Gasteiger partial charge in [-0.05, 0) is 49.2 Å². The van der Waals surface area contributed by atoms with Gasteiger partial charge in [0.25, 0.3) is 0 Å². The van der Waals surface area contributed by atoms with Crippen LogP contribution < -0.4 is 14.8 Å². The highest BCUT2D eigenvalue weighted by Crippen LogP contribution is 2.33. The van der Waals surface area contributed by atoms with E-state index in [2.05, 4.69) is 15.5 Å². The van der Waals surface area contributed by atoms with Crippen LogP contribution in [0.15, 0.2) is 53.1 Å². The molecule has 1 N–H and O–H groups in total. The number of ether oxygens (including phenoxy) is 2. The first-order valence-corrected chi connectivity index (χ1v) is 9.37. The summed E-state index contributed by atoms with van der Waals surface area (Å²) in [7, 11) is 3.21. The zero-order valence-corrected chi connectivity index (χ0v) is 16.3. The highest BCUT2D eigenvalue weighted by molar-refractivity contribution is 5.89. The van der Waals surface area contributed by atoms with Crippen molar-refractivity contribution in [3.63, 3.8) is 0 Å². The van der Waals surface area contributed by atoms with Gasteiger partial charge >= 0.3 is 6.03 Å². The van der Waals surface area contributed by atoms with E-state index >= 15 is 0 Å². The minimum Gasteiger partial charge on any atom is -0.497 e.